The van der Waals surface area contributed by atoms with Crippen LogP contribution in [0, 0.1) is 19.8 Å². The number of amides is 1. The van der Waals surface area contributed by atoms with Crippen LogP contribution in [-0.2, 0) is 14.3 Å². The molecule has 0 aliphatic carbocycles. The number of aromatic nitrogens is 4. The zero-order chi connectivity index (χ0) is 19.4. The highest BCUT2D eigenvalue weighted by Crippen LogP contribution is 2.24. The zero-order valence-electron chi connectivity index (χ0n) is 15.7. The average Bonchev–Trinajstić information content (AvgIpc) is 3.13. The Morgan fingerprint density at radius 2 is 1.89 bits per heavy atom. The first-order valence-electron chi connectivity index (χ1n) is 8.84. The van der Waals surface area contributed by atoms with Gasteiger partial charge in [-0.1, -0.05) is 30.0 Å². The topological polar surface area (TPSA) is 90.2 Å². The summed E-state index contributed by atoms with van der Waals surface area (Å²) in [4.78, 5) is 25.9. The number of aryl methyl sites for hydroxylation is 2. The number of para-hydroxylation sites is 1. The van der Waals surface area contributed by atoms with E-state index in [1.807, 2.05) is 32.0 Å². The molecule has 27 heavy (non-hydrogen) atoms. The van der Waals surface area contributed by atoms with Gasteiger partial charge >= 0.3 is 5.97 Å². The van der Waals surface area contributed by atoms with Crippen molar-refractivity contribution in [2.75, 3.05) is 26.0 Å². The number of hydrogen-bond donors (Lipinski definition) is 0. The third kappa shape index (κ3) is 4.29. The van der Waals surface area contributed by atoms with Gasteiger partial charge < -0.3 is 9.64 Å². The third-order valence-electron chi connectivity index (χ3n) is 4.80. The molecule has 0 N–H and O–H groups in total. The monoisotopic (exact) mass is 389 g/mol. The highest BCUT2D eigenvalue weighted by molar-refractivity contribution is 7.99. The summed E-state index contributed by atoms with van der Waals surface area (Å²) in [6, 6.07) is 6.01. The van der Waals surface area contributed by atoms with Gasteiger partial charge in [0.1, 0.15) is 0 Å². The van der Waals surface area contributed by atoms with Gasteiger partial charge in [-0.05, 0) is 48.2 Å². The number of likely N-dealkylation sites (tertiary alicyclic amines) is 1. The van der Waals surface area contributed by atoms with Crippen LogP contribution in [0.2, 0.25) is 0 Å². The predicted octanol–water partition coefficient (Wildman–Crippen LogP) is 1.78. The summed E-state index contributed by atoms with van der Waals surface area (Å²) in [6.07, 6.45) is 1.28. The molecule has 3 rings (SSSR count). The second-order valence-electron chi connectivity index (χ2n) is 6.58. The molecule has 1 aliphatic heterocycles. The van der Waals surface area contributed by atoms with E-state index >= 15 is 0 Å². The summed E-state index contributed by atoms with van der Waals surface area (Å²) in [5.41, 5.74) is 3.08. The fourth-order valence-electron chi connectivity index (χ4n) is 3.30. The van der Waals surface area contributed by atoms with E-state index in [1.54, 1.807) is 9.58 Å². The second kappa shape index (κ2) is 8.51. The van der Waals surface area contributed by atoms with Crippen molar-refractivity contribution in [1.29, 1.82) is 0 Å². The largest absolute Gasteiger partial charge is 0.469 e. The molecule has 0 spiro atoms. The Kier molecular flexibility index (Phi) is 6.10. The van der Waals surface area contributed by atoms with Crippen LogP contribution in [0.25, 0.3) is 5.69 Å². The lowest BCUT2D eigenvalue weighted by Gasteiger charge is -2.30. The first kappa shape index (κ1) is 19.3. The van der Waals surface area contributed by atoms with E-state index in [-0.39, 0.29) is 23.5 Å². The maximum Gasteiger partial charge on any atom is 0.308 e. The molecule has 9 heteroatoms. The van der Waals surface area contributed by atoms with Gasteiger partial charge in [0.15, 0.2) is 0 Å². The summed E-state index contributed by atoms with van der Waals surface area (Å²) in [5.74, 6) is -0.0135. The minimum atomic E-state index is -0.191. The van der Waals surface area contributed by atoms with Gasteiger partial charge in [0, 0.05) is 13.1 Å². The molecule has 1 amide bonds. The Morgan fingerprint density at radius 3 is 2.52 bits per heavy atom. The first-order chi connectivity index (χ1) is 13.0. The lowest BCUT2D eigenvalue weighted by Crippen LogP contribution is -2.41. The van der Waals surface area contributed by atoms with Crippen molar-refractivity contribution in [3.8, 4) is 5.69 Å². The molecule has 0 radical (unpaired) electrons. The van der Waals surface area contributed by atoms with E-state index < -0.39 is 0 Å². The highest BCUT2D eigenvalue weighted by atomic mass is 32.2. The number of nitrogens with zero attached hydrogens (tertiary/aromatic N) is 5. The van der Waals surface area contributed by atoms with Gasteiger partial charge in [-0.2, -0.15) is 4.68 Å². The van der Waals surface area contributed by atoms with Crippen LogP contribution in [0.3, 0.4) is 0 Å². The maximum absolute atomic E-state index is 12.5. The number of esters is 1. The zero-order valence-corrected chi connectivity index (χ0v) is 16.5. The molecular weight excluding hydrogens is 366 g/mol. The van der Waals surface area contributed by atoms with E-state index in [9.17, 15) is 9.59 Å². The number of carbonyl (C=O) groups is 2. The predicted molar refractivity (Wildman–Crippen MR) is 101 cm³/mol. The molecule has 0 bridgehead atoms. The van der Waals surface area contributed by atoms with E-state index in [4.69, 9.17) is 4.74 Å². The Hall–Kier alpha value is -2.42. The number of thioether (sulfide) groups is 1. The normalized spacial score (nSPS) is 15.0. The van der Waals surface area contributed by atoms with Crippen LogP contribution in [0.4, 0.5) is 0 Å². The molecule has 0 saturated carbocycles. The van der Waals surface area contributed by atoms with Gasteiger partial charge in [0.05, 0.1) is 24.5 Å². The quantitative estimate of drug-likeness (QED) is 0.569. The number of piperidine rings is 1. The molecule has 1 aromatic heterocycles. The summed E-state index contributed by atoms with van der Waals surface area (Å²) < 4.78 is 6.47. The fraction of sp³-hybridized carbons (Fsp3) is 0.500. The standard InChI is InChI=1S/C18H23N5O3S/c1-12-5-4-6-13(2)16(12)23-18(19-20-21-23)27-11-15(24)22-9-7-14(8-10-22)17(25)26-3/h4-6,14H,7-11H2,1-3H3. The van der Waals surface area contributed by atoms with Crippen LogP contribution < -0.4 is 0 Å². The van der Waals surface area contributed by atoms with Crippen LogP contribution in [0.5, 0.6) is 0 Å². The Balaban J connectivity index is 1.61. The summed E-state index contributed by atoms with van der Waals surface area (Å²) in [5, 5.41) is 12.5. The Morgan fingerprint density at radius 1 is 1.22 bits per heavy atom. The van der Waals surface area contributed by atoms with Crippen molar-refractivity contribution < 1.29 is 14.3 Å². The molecule has 2 aromatic rings. The number of benzene rings is 1. The van der Waals surface area contributed by atoms with Crippen molar-refractivity contribution in [2.45, 2.75) is 31.8 Å². The minimum Gasteiger partial charge on any atom is -0.469 e. The lowest BCUT2D eigenvalue weighted by molar-refractivity contribution is -0.148. The minimum absolute atomic E-state index is 0.0272. The van der Waals surface area contributed by atoms with Crippen molar-refractivity contribution >= 4 is 23.6 Å². The average molecular weight is 389 g/mol. The smallest absolute Gasteiger partial charge is 0.308 e. The van der Waals surface area contributed by atoms with Gasteiger partial charge in [0.25, 0.3) is 0 Å². The third-order valence-corrected chi connectivity index (χ3v) is 5.70. The molecule has 1 fully saturated rings. The number of hydrogen-bond acceptors (Lipinski definition) is 7. The van der Waals surface area contributed by atoms with E-state index in [0.717, 1.165) is 16.8 Å². The van der Waals surface area contributed by atoms with Crippen LogP contribution in [0.1, 0.15) is 24.0 Å². The number of rotatable bonds is 5. The fourth-order valence-corrected chi connectivity index (χ4v) is 4.08. The van der Waals surface area contributed by atoms with Crippen molar-refractivity contribution in [2.24, 2.45) is 5.92 Å². The first-order valence-corrected chi connectivity index (χ1v) is 9.83. The summed E-state index contributed by atoms with van der Waals surface area (Å²) in [6.45, 7) is 5.16. The number of carbonyl (C=O) groups excluding carboxylic acids is 2. The van der Waals surface area contributed by atoms with Gasteiger partial charge in [-0.15, -0.1) is 5.10 Å². The van der Waals surface area contributed by atoms with Gasteiger partial charge in [0.2, 0.25) is 11.1 Å². The number of ether oxygens (including phenoxy) is 1. The number of methoxy groups -OCH3 is 1. The van der Waals surface area contributed by atoms with Crippen molar-refractivity contribution in [1.82, 2.24) is 25.1 Å². The highest BCUT2D eigenvalue weighted by Gasteiger charge is 2.28. The molecule has 1 aromatic carbocycles. The molecule has 144 valence electrons. The molecule has 1 saturated heterocycles. The van der Waals surface area contributed by atoms with Crippen molar-refractivity contribution in [3.63, 3.8) is 0 Å². The summed E-state index contributed by atoms with van der Waals surface area (Å²) >= 11 is 1.32. The lowest BCUT2D eigenvalue weighted by atomic mass is 9.97. The Labute approximate surface area is 162 Å². The van der Waals surface area contributed by atoms with Crippen LogP contribution >= 0.6 is 11.8 Å². The SMILES string of the molecule is COC(=O)C1CCN(C(=O)CSc2nnnn2-c2c(C)cccc2C)CC1. The second-order valence-corrected chi connectivity index (χ2v) is 7.52. The van der Waals surface area contributed by atoms with E-state index in [2.05, 4.69) is 15.5 Å². The van der Waals surface area contributed by atoms with E-state index in [0.29, 0.717) is 31.1 Å². The summed E-state index contributed by atoms with van der Waals surface area (Å²) in [7, 11) is 1.40. The van der Waals surface area contributed by atoms with Gasteiger partial charge in [-0.25, -0.2) is 0 Å². The molecule has 1 aliphatic rings. The molecule has 0 unspecified atom stereocenters. The molecular formula is C18H23N5O3S. The maximum atomic E-state index is 12.5. The molecule has 2 heterocycles. The van der Waals surface area contributed by atoms with Crippen molar-refractivity contribution in [3.05, 3.63) is 29.3 Å². The number of tetrazole rings is 1. The molecule has 0 atom stereocenters. The Bertz CT molecular complexity index is 810. The van der Waals surface area contributed by atoms with Crippen LogP contribution in [-0.4, -0.2) is 62.9 Å². The van der Waals surface area contributed by atoms with E-state index in [1.165, 1.54) is 18.9 Å². The van der Waals surface area contributed by atoms with Crippen LogP contribution in [0.15, 0.2) is 23.4 Å². The molecule has 8 nitrogen and oxygen atoms in total. The van der Waals surface area contributed by atoms with Gasteiger partial charge in [-0.3, -0.25) is 9.59 Å².